The van der Waals surface area contributed by atoms with Crippen LogP contribution in [0.25, 0.3) is 0 Å². The highest BCUT2D eigenvalue weighted by molar-refractivity contribution is 6.31. The van der Waals surface area contributed by atoms with Crippen LogP contribution in [0.15, 0.2) is 35.0 Å². The van der Waals surface area contributed by atoms with E-state index in [-0.39, 0.29) is 5.84 Å². The molecule has 8 nitrogen and oxygen atoms in total. The molecule has 1 aromatic carbocycles. The van der Waals surface area contributed by atoms with Gasteiger partial charge in [-0.3, -0.25) is 9.59 Å². The van der Waals surface area contributed by atoms with Gasteiger partial charge in [-0.15, -0.1) is 4.99 Å². The zero-order chi connectivity index (χ0) is 20.4. The highest BCUT2D eigenvalue weighted by atomic mass is 35.5. The summed E-state index contributed by atoms with van der Waals surface area (Å²) in [5, 5.41) is 3.16. The van der Waals surface area contributed by atoms with Gasteiger partial charge in [0.05, 0.1) is 13.7 Å². The fourth-order valence-electron chi connectivity index (χ4n) is 2.99. The summed E-state index contributed by atoms with van der Waals surface area (Å²) in [5.74, 6) is -1.24. The smallest absolute Gasteiger partial charge is 0.446 e. The number of amides is 4. The molecule has 0 aromatic heterocycles. The van der Waals surface area contributed by atoms with E-state index in [1.54, 1.807) is 31.2 Å². The van der Waals surface area contributed by atoms with Crippen LogP contribution in [0.4, 0.5) is 10.5 Å². The maximum absolute atomic E-state index is 12.9. The number of nitrogens with zero attached hydrogens (tertiary/aromatic N) is 3. The fraction of sp³-hybridized carbons (Fsp3) is 0.316. The van der Waals surface area contributed by atoms with E-state index in [0.29, 0.717) is 23.1 Å². The summed E-state index contributed by atoms with van der Waals surface area (Å²) in [7, 11) is 1.51. The van der Waals surface area contributed by atoms with Crippen LogP contribution in [0.5, 0.6) is 0 Å². The molecule has 28 heavy (non-hydrogen) atoms. The summed E-state index contributed by atoms with van der Waals surface area (Å²) in [6.07, 6.45) is 3.07. The number of nitrogens with one attached hydrogen (secondary N) is 1. The van der Waals surface area contributed by atoms with Gasteiger partial charge < -0.3 is 10.1 Å². The number of aryl methyl sites for hydroxylation is 1. The van der Waals surface area contributed by atoms with Crippen LogP contribution in [-0.2, 0) is 14.3 Å². The SMILES string of the molecule is CCOC1=CC=NC2=[N+](C)C(=O)N(CC(=O)Nc3ccc(C)c(Cl)c3)C(=O)C12. The Morgan fingerprint density at radius 3 is 2.82 bits per heavy atom. The van der Waals surface area contributed by atoms with Crippen molar-refractivity contribution >= 4 is 47.2 Å². The Balaban J connectivity index is 1.81. The Kier molecular flexibility index (Phi) is 5.60. The van der Waals surface area contributed by atoms with E-state index in [9.17, 15) is 14.4 Å². The summed E-state index contributed by atoms with van der Waals surface area (Å²) >= 11 is 6.06. The van der Waals surface area contributed by atoms with E-state index >= 15 is 0 Å². The lowest BCUT2D eigenvalue weighted by Gasteiger charge is -2.28. The molecular weight excluding hydrogens is 384 g/mol. The van der Waals surface area contributed by atoms with E-state index in [1.165, 1.54) is 17.8 Å². The molecule has 2 aliphatic heterocycles. The van der Waals surface area contributed by atoms with Crippen LogP contribution in [0, 0.1) is 12.8 Å². The lowest BCUT2D eigenvalue weighted by atomic mass is 9.99. The van der Waals surface area contributed by atoms with Gasteiger partial charge in [0.15, 0.2) is 12.5 Å². The van der Waals surface area contributed by atoms with E-state index in [0.717, 1.165) is 10.5 Å². The molecule has 1 unspecified atom stereocenters. The average Bonchev–Trinajstić information content (AvgIpc) is 2.66. The first-order valence-electron chi connectivity index (χ1n) is 8.72. The number of ether oxygens (including phenoxy) is 1. The molecule has 0 radical (unpaired) electrons. The molecule has 9 heteroatoms. The molecular formula is C19H20ClN4O4+. The van der Waals surface area contributed by atoms with Gasteiger partial charge in [0.25, 0.3) is 11.7 Å². The van der Waals surface area contributed by atoms with Crippen LogP contribution in [0.3, 0.4) is 0 Å². The molecule has 1 aromatic rings. The monoisotopic (exact) mass is 403 g/mol. The molecule has 1 atom stereocenters. The van der Waals surface area contributed by atoms with E-state index in [1.807, 2.05) is 6.92 Å². The minimum absolute atomic E-state index is 0.280. The number of halogens is 1. The number of benzene rings is 1. The predicted molar refractivity (Wildman–Crippen MR) is 105 cm³/mol. The standard InChI is InChI=1S/C19H19ClN4O4/c1-4-28-14-7-8-21-17-16(14)18(26)24(19(27)23(17)3)10-15(25)22-12-6-5-11(2)13(20)9-12/h5-9,16H,4,10H2,1-3H3/p+1. The molecule has 146 valence electrons. The van der Waals surface area contributed by atoms with Gasteiger partial charge >= 0.3 is 11.9 Å². The van der Waals surface area contributed by atoms with E-state index < -0.39 is 30.3 Å². The number of fused-ring (bicyclic) bond motifs is 1. The molecule has 2 heterocycles. The van der Waals surface area contributed by atoms with Gasteiger partial charge in [0.1, 0.15) is 12.0 Å². The minimum atomic E-state index is -0.853. The Hall–Kier alpha value is -3.00. The molecule has 4 amide bonds. The van der Waals surface area contributed by atoms with Crippen molar-refractivity contribution in [2.75, 3.05) is 25.5 Å². The van der Waals surface area contributed by atoms with Gasteiger partial charge in [-0.05, 0) is 31.5 Å². The molecule has 1 N–H and O–H groups in total. The quantitative estimate of drug-likeness (QED) is 0.763. The second-order valence-corrected chi connectivity index (χ2v) is 6.76. The van der Waals surface area contributed by atoms with Crippen LogP contribution in [-0.4, -0.2) is 59.6 Å². The third-order valence-electron chi connectivity index (χ3n) is 4.43. The summed E-state index contributed by atoms with van der Waals surface area (Å²) in [5.41, 5.74) is 1.36. The number of anilines is 1. The second kappa shape index (κ2) is 7.93. The van der Waals surface area contributed by atoms with Crippen molar-refractivity contribution in [1.29, 1.82) is 0 Å². The Morgan fingerprint density at radius 1 is 1.39 bits per heavy atom. The van der Waals surface area contributed by atoms with Gasteiger partial charge in [-0.2, -0.15) is 9.48 Å². The highest BCUT2D eigenvalue weighted by Crippen LogP contribution is 2.25. The highest BCUT2D eigenvalue weighted by Gasteiger charge is 2.50. The summed E-state index contributed by atoms with van der Waals surface area (Å²) in [4.78, 5) is 43.0. The molecule has 3 rings (SSSR count). The predicted octanol–water partition coefficient (Wildman–Crippen LogP) is 2.21. The minimum Gasteiger partial charge on any atom is -0.497 e. The number of carbonyl (C=O) groups is 3. The first-order valence-corrected chi connectivity index (χ1v) is 9.10. The van der Waals surface area contributed by atoms with Gasteiger partial charge in [0.2, 0.25) is 0 Å². The van der Waals surface area contributed by atoms with Gasteiger partial charge in [-0.1, -0.05) is 17.7 Å². The zero-order valence-corrected chi connectivity index (χ0v) is 16.5. The maximum Gasteiger partial charge on any atom is 0.446 e. The third-order valence-corrected chi connectivity index (χ3v) is 4.84. The fourth-order valence-corrected chi connectivity index (χ4v) is 3.17. The number of dihydropyridines is 1. The molecule has 2 aliphatic rings. The van der Waals surface area contributed by atoms with E-state index in [4.69, 9.17) is 16.3 Å². The first-order chi connectivity index (χ1) is 13.3. The number of carbonyl (C=O) groups excluding carboxylic acids is 3. The van der Waals surface area contributed by atoms with Crippen LogP contribution >= 0.6 is 11.6 Å². The van der Waals surface area contributed by atoms with Crippen LogP contribution in [0.1, 0.15) is 12.5 Å². The number of urea groups is 1. The van der Waals surface area contributed by atoms with Crippen molar-refractivity contribution in [2.45, 2.75) is 13.8 Å². The Bertz CT molecular complexity index is 951. The number of aliphatic imine (C=N–C) groups is 1. The Labute approximate surface area is 167 Å². The van der Waals surface area contributed by atoms with Crippen molar-refractivity contribution in [1.82, 2.24) is 4.90 Å². The number of allylic oxidation sites excluding steroid dienone is 1. The maximum atomic E-state index is 12.9. The third kappa shape index (κ3) is 3.68. The number of hydrogen-bond donors (Lipinski definition) is 1. The number of rotatable bonds is 5. The summed E-state index contributed by atoms with van der Waals surface area (Å²) in [6.45, 7) is 3.58. The summed E-state index contributed by atoms with van der Waals surface area (Å²) in [6, 6.07) is 4.45. The molecule has 0 saturated heterocycles. The van der Waals surface area contributed by atoms with Gasteiger partial charge in [0, 0.05) is 16.8 Å². The molecule has 0 saturated carbocycles. The van der Waals surface area contributed by atoms with Crippen molar-refractivity contribution in [3.63, 3.8) is 0 Å². The lowest BCUT2D eigenvalue weighted by molar-refractivity contribution is -0.408. The van der Waals surface area contributed by atoms with Crippen LogP contribution < -0.4 is 5.32 Å². The molecule has 0 bridgehead atoms. The topological polar surface area (TPSA) is 91.1 Å². The molecule has 0 aliphatic carbocycles. The lowest BCUT2D eigenvalue weighted by Crippen LogP contribution is -2.56. The van der Waals surface area contributed by atoms with Crippen molar-refractivity contribution in [3.05, 3.63) is 40.6 Å². The van der Waals surface area contributed by atoms with Crippen molar-refractivity contribution in [3.8, 4) is 0 Å². The summed E-state index contributed by atoms with van der Waals surface area (Å²) < 4.78 is 6.78. The Morgan fingerprint density at radius 2 is 2.14 bits per heavy atom. The van der Waals surface area contributed by atoms with Crippen molar-refractivity contribution < 1.29 is 23.7 Å². The average molecular weight is 404 g/mol. The molecule has 0 spiro atoms. The van der Waals surface area contributed by atoms with Crippen molar-refractivity contribution in [2.24, 2.45) is 10.9 Å². The number of imide groups is 1. The second-order valence-electron chi connectivity index (χ2n) is 6.35. The number of amidine groups is 1. The van der Waals surface area contributed by atoms with Crippen LogP contribution in [0.2, 0.25) is 5.02 Å². The van der Waals surface area contributed by atoms with Gasteiger partial charge in [-0.25, -0.2) is 4.79 Å². The molecule has 0 fully saturated rings. The number of hydrogen-bond acceptors (Lipinski definition) is 5. The van der Waals surface area contributed by atoms with E-state index in [2.05, 4.69) is 10.3 Å². The first kappa shape index (κ1) is 19.8. The normalized spacial score (nSPS) is 18.8. The zero-order valence-electron chi connectivity index (χ0n) is 15.7. The largest absolute Gasteiger partial charge is 0.497 e.